The lowest BCUT2D eigenvalue weighted by Crippen LogP contribution is -2.40. The van der Waals surface area contributed by atoms with Crippen molar-refractivity contribution in [3.8, 4) is 0 Å². The predicted octanol–water partition coefficient (Wildman–Crippen LogP) is 1.14. The number of rotatable bonds is 2. The van der Waals surface area contributed by atoms with Crippen molar-refractivity contribution in [2.45, 2.75) is 18.6 Å². The number of aliphatic hydroxyl groups excluding tert-OH is 1. The number of carboxylic acid groups (broad SMARTS) is 1. The number of likely N-dealkylation sites (tertiary alicyclic amines) is 1. The fourth-order valence-electron chi connectivity index (χ4n) is 2.09. The summed E-state index contributed by atoms with van der Waals surface area (Å²) in [4.78, 5) is 24.1. The van der Waals surface area contributed by atoms with Gasteiger partial charge in [-0.05, 0) is 18.2 Å². The van der Waals surface area contributed by atoms with E-state index in [1.807, 2.05) is 0 Å². The number of hydrogen-bond donors (Lipinski definition) is 2. The molecule has 0 unspecified atom stereocenters. The summed E-state index contributed by atoms with van der Waals surface area (Å²) in [6.45, 7) is -0.127. The third kappa shape index (κ3) is 2.69. The van der Waals surface area contributed by atoms with Crippen LogP contribution in [0.2, 0.25) is 5.02 Å². The van der Waals surface area contributed by atoms with Crippen molar-refractivity contribution in [3.05, 3.63) is 34.6 Å². The van der Waals surface area contributed by atoms with Crippen LogP contribution in [-0.2, 0) is 4.79 Å². The number of aliphatic hydroxyl groups is 1. The molecule has 1 heterocycles. The maximum atomic E-state index is 13.6. The van der Waals surface area contributed by atoms with Crippen molar-refractivity contribution in [1.29, 1.82) is 0 Å². The quantitative estimate of drug-likeness (QED) is 0.855. The van der Waals surface area contributed by atoms with Gasteiger partial charge in [0.1, 0.15) is 11.9 Å². The molecule has 5 nitrogen and oxygen atoms in total. The van der Waals surface area contributed by atoms with Crippen molar-refractivity contribution >= 4 is 23.5 Å². The van der Waals surface area contributed by atoms with Crippen molar-refractivity contribution in [2.75, 3.05) is 6.54 Å². The van der Waals surface area contributed by atoms with Gasteiger partial charge in [-0.3, -0.25) is 4.79 Å². The lowest BCUT2D eigenvalue weighted by molar-refractivity contribution is -0.141. The van der Waals surface area contributed by atoms with Gasteiger partial charge < -0.3 is 15.1 Å². The number of aliphatic carboxylic acids is 1. The van der Waals surface area contributed by atoms with E-state index in [1.165, 1.54) is 12.1 Å². The third-order valence-electron chi connectivity index (χ3n) is 2.99. The molecular formula is C12H11ClFNO4. The SMILES string of the molecule is O=C(O)[C@@H]1C[C@@H](O)CN1C(=O)c1ccc(Cl)cc1F. The molecular weight excluding hydrogens is 277 g/mol. The van der Waals surface area contributed by atoms with E-state index in [4.69, 9.17) is 16.7 Å². The van der Waals surface area contributed by atoms with Crippen LogP contribution in [0, 0.1) is 5.82 Å². The molecule has 0 aliphatic carbocycles. The van der Waals surface area contributed by atoms with Gasteiger partial charge in [0.25, 0.3) is 5.91 Å². The van der Waals surface area contributed by atoms with E-state index < -0.39 is 29.8 Å². The average Bonchev–Trinajstić information content (AvgIpc) is 2.70. The first-order valence-corrected chi connectivity index (χ1v) is 5.95. The second-order valence-corrected chi connectivity index (χ2v) is 4.76. The number of nitrogens with zero attached hydrogens (tertiary/aromatic N) is 1. The van der Waals surface area contributed by atoms with Crippen LogP contribution in [0.25, 0.3) is 0 Å². The smallest absolute Gasteiger partial charge is 0.326 e. The number of carboxylic acids is 1. The molecule has 7 heteroatoms. The number of carbonyl (C=O) groups excluding carboxylic acids is 1. The molecule has 102 valence electrons. The predicted molar refractivity (Wildman–Crippen MR) is 64.5 cm³/mol. The van der Waals surface area contributed by atoms with Gasteiger partial charge in [0.05, 0.1) is 11.7 Å². The first kappa shape index (κ1) is 13.8. The zero-order valence-corrected chi connectivity index (χ0v) is 10.5. The number of hydrogen-bond acceptors (Lipinski definition) is 3. The lowest BCUT2D eigenvalue weighted by Gasteiger charge is -2.21. The minimum Gasteiger partial charge on any atom is -0.480 e. The lowest BCUT2D eigenvalue weighted by atomic mass is 10.1. The van der Waals surface area contributed by atoms with Gasteiger partial charge in [-0.1, -0.05) is 11.6 Å². The Morgan fingerprint density at radius 2 is 2.11 bits per heavy atom. The normalized spacial score (nSPS) is 22.6. The Kier molecular flexibility index (Phi) is 3.73. The van der Waals surface area contributed by atoms with Gasteiger partial charge in [0.2, 0.25) is 0 Å². The molecule has 1 aromatic rings. The summed E-state index contributed by atoms with van der Waals surface area (Å²) < 4.78 is 13.6. The summed E-state index contributed by atoms with van der Waals surface area (Å²) in [6.07, 6.45) is -0.976. The van der Waals surface area contributed by atoms with Crippen molar-refractivity contribution in [3.63, 3.8) is 0 Å². The molecule has 0 bridgehead atoms. The summed E-state index contributed by atoms with van der Waals surface area (Å²) in [5, 5.41) is 18.6. The Morgan fingerprint density at radius 1 is 1.42 bits per heavy atom. The fourth-order valence-corrected chi connectivity index (χ4v) is 2.25. The standard InChI is InChI=1S/C12H11ClFNO4/c13-6-1-2-8(9(14)3-6)11(17)15-5-7(16)4-10(15)12(18)19/h1-3,7,10,16H,4-5H2,(H,18,19)/t7-,10+/m1/s1. The van der Waals surface area contributed by atoms with Crippen LogP contribution in [0.4, 0.5) is 4.39 Å². The molecule has 0 spiro atoms. The van der Waals surface area contributed by atoms with Gasteiger partial charge >= 0.3 is 5.97 Å². The largest absolute Gasteiger partial charge is 0.480 e. The molecule has 1 fully saturated rings. The third-order valence-corrected chi connectivity index (χ3v) is 3.22. The van der Waals surface area contributed by atoms with Crippen molar-refractivity contribution < 1.29 is 24.2 Å². The molecule has 19 heavy (non-hydrogen) atoms. The van der Waals surface area contributed by atoms with E-state index in [0.29, 0.717) is 0 Å². The highest BCUT2D eigenvalue weighted by Gasteiger charge is 2.39. The number of halogens is 2. The molecule has 2 N–H and O–H groups in total. The average molecular weight is 288 g/mol. The molecule has 2 rings (SSSR count). The van der Waals surface area contributed by atoms with Gasteiger partial charge in [0, 0.05) is 18.0 Å². The minimum absolute atomic E-state index is 0.0592. The fraction of sp³-hybridized carbons (Fsp3) is 0.333. The molecule has 1 aliphatic rings. The number of β-amino-alcohol motifs (C(OH)–C–C–N with tert-alkyl or cyclic N) is 1. The number of carbonyl (C=O) groups is 2. The molecule has 0 aromatic heterocycles. The molecule has 1 aliphatic heterocycles. The Balaban J connectivity index is 2.30. The van der Waals surface area contributed by atoms with Gasteiger partial charge in [-0.2, -0.15) is 0 Å². The molecule has 1 aromatic carbocycles. The highest BCUT2D eigenvalue weighted by Crippen LogP contribution is 2.23. The summed E-state index contributed by atoms with van der Waals surface area (Å²) >= 11 is 5.58. The van der Waals surface area contributed by atoms with Gasteiger partial charge in [-0.15, -0.1) is 0 Å². The molecule has 2 atom stereocenters. The van der Waals surface area contributed by atoms with E-state index in [9.17, 15) is 19.1 Å². The summed E-state index contributed by atoms with van der Waals surface area (Å²) in [5.41, 5.74) is -0.259. The maximum Gasteiger partial charge on any atom is 0.326 e. The van der Waals surface area contributed by atoms with Crippen LogP contribution in [0.5, 0.6) is 0 Å². The monoisotopic (exact) mass is 287 g/mol. The zero-order valence-electron chi connectivity index (χ0n) is 9.72. The Hall–Kier alpha value is -1.66. The Morgan fingerprint density at radius 3 is 2.68 bits per heavy atom. The van der Waals surface area contributed by atoms with Crippen LogP contribution in [0.3, 0.4) is 0 Å². The van der Waals surface area contributed by atoms with Gasteiger partial charge in [-0.25, -0.2) is 9.18 Å². The van der Waals surface area contributed by atoms with Crippen LogP contribution in [0.15, 0.2) is 18.2 Å². The second kappa shape index (κ2) is 5.14. The van der Waals surface area contributed by atoms with Crippen LogP contribution in [0.1, 0.15) is 16.8 Å². The summed E-state index contributed by atoms with van der Waals surface area (Å²) in [6, 6.07) is 2.39. The van der Waals surface area contributed by atoms with Crippen molar-refractivity contribution in [2.24, 2.45) is 0 Å². The van der Waals surface area contributed by atoms with E-state index in [2.05, 4.69) is 0 Å². The van der Waals surface area contributed by atoms with E-state index in [1.54, 1.807) is 0 Å². The van der Waals surface area contributed by atoms with Crippen LogP contribution in [-0.4, -0.2) is 45.7 Å². The Labute approximate surface area is 113 Å². The first-order chi connectivity index (χ1) is 8.90. The van der Waals surface area contributed by atoms with E-state index in [0.717, 1.165) is 11.0 Å². The maximum absolute atomic E-state index is 13.6. The minimum atomic E-state index is -1.22. The molecule has 1 saturated heterocycles. The summed E-state index contributed by atoms with van der Waals surface area (Å²) in [5.74, 6) is -2.81. The zero-order chi connectivity index (χ0) is 14.2. The second-order valence-electron chi connectivity index (χ2n) is 4.33. The molecule has 0 radical (unpaired) electrons. The van der Waals surface area contributed by atoms with Crippen LogP contribution < -0.4 is 0 Å². The first-order valence-electron chi connectivity index (χ1n) is 5.57. The molecule has 1 amide bonds. The highest BCUT2D eigenvalue weighted by molar-refractivity contribution is 6.30. The van der Waals surface area contributed by atoms with E-state index in [-0.39, 0.29) is 23.6 Å². The van der Waals surface area contributed by atoms with E-state index >= 15 is 0 Å². The Bertz CT molecular complexity index is 536. The van der Waals surface area contributed by atoms with Crippen LogP contribution >= 0.6 is 11.6 Å². The highest BCUT2D eigenvalue weighted by atomic mass is 35.5. The summed E-state index contributed by atoms with van der Waals surface area (Å²) in [7, 11) is 0. The molecule has 0 saturated carbocycles. The number of amides is 1. The van der Waals surface area contributed by atoms with Gasteiger partial charge in [0.15, 0.2) is 0 Å². The topological polar surface area (TPSA) is 77.8 Å². The van der Waals surface area contributed by atoms with Crippen molar-refractivity contribution in [1.82, 2.24) is 4.90 Å². The number of benzene rings is 1.